The summed E-state index contributed by atoms with van der Waals surface area (Å²) in [7, 11) is 0. The Hall–Kier alpha value is -0.870. The van der Waals surface area contributed by atoms with Gasteiger partial charge in [0.1, 0.15) is 10.6 Å². The Morgan fingerprint density at radius 1 is 1.14 bits per heavy atom. The summed E-state index contributed by atoms with van der Waals surface area (Å²) in [6.07, 6.45) is 8.30. The molecule has 116 valence electrons. The van der Waals surface area contributed by atoms with Crippen molar-refractivity contribution in [2.24, 2.45) is 17.8 Å². The second kappa shape index (κ2) is 4.57. The van der Waals surface area contributed by atoms with E-state index in [0.29, 0.717) is 5.28 Å². The lowest BCUT2D eigenvalue weighted by Gasteiger charge is -2.57. The predicted octanol–water partition coefficient (Wildman–Crippen LogP) is 5.03. The third-order valence-electron chi connectivity index (χ3n) is 5.91. The number of nitrogens with one attached hydrogen (secondary N) is 1. The highest BCUT2D eigenvalue weighted by Gasteiger charge is 2.51. The van der Waals surface area contributed by atoms with Gasteiger partial charge in [0.2, 0.25) is 5.28 Å². The van der Waals surface area contributed by atoms with Crippen molar-refractivity contribution in [2.45, 2.75) is 51.0 Å². The lowest BCUT2D eigenvalue weighted by molar-refractivity contribution is 0.0106. The normalized spacial score (nSPS) is 36.2. The first-order chi connectivity index (χ1) is 10.6. The molecule has 0 atom stereocenters. The highest BCUT2D eigenvalue weighted by molar-refractivity contribution is 7.18. The van der Waals surface area contributed by atoms with Crippen LogP contribution in [-0.2, 0) is 0 Å². The number of aromatic nitrogens is 2. The topological polar surface area (TPSA) is 37.8 Å². The minimum Gasteiger partial charge on any atom is -0.364 e. The van der Waals surface area contributed by atoms with Crippen LogP contribution in [0.15, 0.2) is 6.07 Å². The summed E-state index contributed by atoms with van der Waals surface area (Å²) in [5, 5.41) is 5.36. The average Bonchev–Trinajstić information content (AvgIpc) is 2.77. The standard InChI is InChI=1S/C17H20ClN3S/c1-9-2-13-14(19-16(18)20-15(13)22-9)21-17-6-10-3-11(7-17)5-12(4-10)8-17/h2,10-12H,3-8H2,1H3,(H,19,20,21). The van der Waals surface area contributed by atoms with Crippen LogP contribution < -0.4 is 5.32 Å². The summed E-state index contributed by atoms with van der Waals surface area (Å²) in [5.41, 5.74) is 0.259. The fraction of sp³-hybridized carbons (Fsp3) is 0.647. The molecule has 4 saturated carbocycles. The van der Waals surface area contributed by atoms with Crippen LogP contribution in [-0.4, -0.2) is 15.5 Å². The molecular weight excluding hydrogens is 314 g/mol. The van der Waals surface area contributed by atoms with E-state index in [1.54, 1.807) is 11.3 Å². The van der Waals surface area contributed by atoms with Crippen LogP contribution in [0.4, 0.5) is 5.82 Å². The first kappa shape index (κ1) is 13.6. The lowest BCUT2D eigenvalue weighted by Crippen LogP contribution is -2.54. The Bertz CT molecular complexity index is 718. The molecule has 4 bridgehead atoms. The molecule has 22 heavy (non-hydrogen) atoms. The molecule has 4 fully saturated rings. The largest absolute Gasteiger partial charge is 0.364 e. The molecule has 3 nitrogen and oxygen atoms in total. The number of aryl methyl sites for hydroxylation is 1. The first-order valence-corrected chi connectivity index (χ1v) is 9.50. The van der Waals surface area contributed by atoms with Gasteiger partial charge in [-0.15, -0.1) is 11.3 Å². The maximum Gasteiger partial charge on any atom is 0.225 e. The van der Waals surface area contributed by atoms with Crippen LogP contribution >= 0.6 is 22.9 Å². The van der Waals surface area contributed by atoms with Crippen molar-refractivity contribution in [3.8, 4) is 0 Å². The molecule has 4 aliphatic carbocycles. The van der Waals surface area contributed by atoms with Crippen LogP contribution in [0, 0.1) is 24.7 Å². The van der Waals surface area contributed by atoms with Gasteiger partial charge < -0.3 is 5.32 Å². The zero-order valence-corrected chi connectivity index (χ0v) is 14.3. The lowest BCUT2D eigenvalue weighted by atomic mass is 9.53. The Morgan fingerprint density at radius 3 is 2.41 bits per heavy atom. The summed E-state index contributed by atoms with van der Waals surface area (Å²) >= 11 is 7.86. The predicted molar refractivity (Wildman–Crippen MR) is 91.7 cm³/mol. The minimum absolute atomic E-state index is 0.259. The van der Waals surface area contributed by atoms with Crippen LogP contribution in [0.5, 0.6) is 0 Å². The third-order valence-corrected chi connectivity index (χ3v) is 7.02. The zero-order valence-electron chi connectivity index (χ0n) is 12.7. The summed E-state index contributed by atoms with van der Waals surface area (Å²) in [6, 6.07) is 2.19. The maximum absolute atomic E-state index is 6.16. The van der Waals surface area contributed by atoms with E-state index in [9.17, 15) is 0 Å². The smallest absolute Gasteiger partial charge is 0.225 e. The molecule has 0 radical (unpaired) electrons. The van der Waals surface area contributed by atoms with Gasteiger partial charge in [-0.25, -0.2) is 9.97 Å². The summed E-state index contributed by atoms with van der Waals surface area (Å²) in [5.74, 6) is 3.74. The van der Waals surface area contributed by atoms with Crippen molar-refractivity contribution in [3.63, 3.8) is 0 Å². The summed E-state index contributed by atoms with van der Waals surface area (Å²) < 4.78 is 0. The number of anilines is 1. The van der Waals surface area contributed by atoms with E-state index < -0.39 is 0 Å². The van der Waals surface area contributed by atoms with E-state index in [-0.39, 0.29) is 5.54 Å². The molecule has 6 rings (SSSR count). The molecule has 2 heterocycles. The van der Waals surface area contributed by atoms with E-state index in [0.717, 1.165) is 33.8 Å². The Labute approximate surface area is 139 Å². The van der Waals surface area contributed by atoms with Gasteiger partial charge in [-0.1, -0.05) is 0 Å². The van der Waals surface area contributed by atoms with Gasteiger partial charge in [-0.05, 0) is 80.9 Å². The Kier molecular flexibility index (Phi) is 2.82. The summed E-state index contributed by atoms with van der Waals surface area (Å²) in [6.45, 7) is 2.12. The summed E-state index contributed by atoms with van der Waals surface area (Å²) in [4.78, 5) is 11.2. The number of nitrogens with zero attached hydrogens (tertiary/aromatic N) is 2. The number of thiophene rings is 1. The quantitative estimate of drug-likeness (QED) is 0.783. The second-order valence-electron chi connectivity index (χ2n) is 7.74. The van der Waals surface area contributed by atoms with Gasteiger partial charge in [0.25, 0.3) is 0 Å². The molecule has 0 aromatic carbocycles. The van der Waals surface area contributed by atoms with Crippen LogP contribution in [0.3, 0.4) is 0 Å². The molecule has 1 N–H and O–H groups in total. The number of rotatable bonds is 2. The average molecular weight is 334 g/mol. The molecule has 0 aliphatic heterocycles. The maximum atomic E-state index is 6.16. The van der Waals surface area contributed by atoms with Crippen LogP contribution in [0.1, 0.15) is 43.4 Å². The van der Waals surface area contributed by atoms with Crippen molar-refractivity contribution < 1.29 is 0 Å². The molecule has 0 spiro atoms. The fourth-order valence-corrected chi connectivity index (χ4v) is 6.72. The van der Waals surface area contributed by atoms with Crippen molar-refractivity contribution in [3.05, 3.63) is 16.2 Å². The first-order valence-electron chi connectivity index (χ1n) is 8.30. The van der Waals surface area contributed by atoms with E-state index >= 15 is 0 Å². The molecule has 5 heteroatoms. The number of fused-ring (bicyclic) bond motifs is 1. The fourth-order valence-electron chi connectivity index (χ4n) is 5.63. The molecule has 4 aliphatic rings. The molecule has 0 amide bonds. The SMILES string of the molecule is Cc1cc2c(NC34CC5CC(CC(C5)C3)C4)nc(Cl)nc2s1. The second-order valence-corrected chi connectivity index (χ2v) is 9.31. The third kappa shape index (κ3) is 2.07. The minimum atomic E-state index is 0.259. The van der Waals surface area contributed by atoms with Gasteiger partial charge in [-0.2, -0.15) is 0 Å². The number of hydrogen-bond donors (Lipinski definition) is 1. The van der Waals surface area contributed by atoms with E-state index in [1.807, 2.05) is 0 Å². The van der Waals surface area contributed by atoms with Gasteiger partial charge in [0.05, 0.1) is 5.39 Å². The zero-order chi connectivity index (χ0) is 14.9. The van der Waals surface area contributed by atoms with Crippen LogP contribution in [0.2, 0.25) is 5.28 Å². The van der Waals surface area contributed by atoms with Crippen molar-refractivity contribution in [1.29, 1.82) is 0 Å². The Balaban J connectivity index is 1.56. The van der Waals surface area contributed by atoms with Gasteiger partial charge >= 0.3 is 0 Å². The van der Waals surface area contributed by atoms with Crippen molar-refractivity contribution in [1.82, 2.24) is 9.97 Å². The molecule has 0 unspecified atom stereocenters. The van der Waals surface area contributed by atoms with E-state index in [1.165, 1.54) is 43.4 Å². The van der Waals surface area contributed by atoms with E-state index in [4.69, 9.17) is 11.6 Å². The molecular formula is C17H20ClN3S. The highest BCUT2D eigenvalue weighted by Crippen LogP contribution is 2.56. The van der Waals surface area contributed by atoms with Gasteiger partial charge in [0.15, 0.2) is 0 Å². The number of halogens is 1. The van der Waals surface area contributed by atoms with Crippen molar-refractivity contribution in [2.75, 3.05) is 5.32 Å². The van der Waals surface area contributed by atoms with Gasteiger partial charge in [-0.3, -0.25) is 0 Å². The monoisotopic (exact) mass is 333 g/mol. The molecule has 2 aromatic rings. The Morgan fingerprint density at radius 2 is 1.77 bits per heavy atom. The molecule has 2 aromatic heterocycles. The van der Waals surface area contributed by atoms with Gasteiger partial charge in [0, 0.05) is 10.4 Å². The van der Waals surface area contributed by atoms with Crippen LogP contribution in [0.25, 0.3) is 10.2 Å². The number of hydrogen-bond acceptors (Lipinski definition) is 4. The molecule has 0 saturated heterocycles. The van der Waals surface area contributed by atoms with E-state index in [2.05, 4.69) is 28.3 Å². The van der Waals surface area contributed by atoms with Crippen molar-refractivity contribution >= 4 is 39.0 Å². The highest BCUT2D eigenvalue weighted by atomic mass is 35.5.